The smallest absolute Gasteiger partial charge is 0.314 e. The van der Waals surface area contributed by atoms with E-state index >= 15 is 0 Å². The molecule has 0 radical (unpaired) electrons. The number of piperidine rings is 2. The summed E-state index contributed by atoms with van der Waals surface area (Å²) in [6.07, 6.45) is 4.10. The van der Waals surface area contributed by atoms with E-state index in [2.05, 4.69) is 39.5 Å². The second-order valence-electron chi connectivity index (χ2n) is 12.5. The average Bonchev–Trinajstić information content (AvgIpc) is 3.17. The molecule has 3 N–H and O–H groups in total. The van der Waals surface area contributed by atoms with E-state index in [0.29, 0.717) is 43.9 Å². The molecule has 1 aromatic heterocycles. The van der Waals surface area contributed by atoms with E-state index in [1.807, 2.05) is 86.6 Å². The predicted octanol–water partition coefficient (Wildman–Crippen LogP) is 6.63. The molecule has 4 aromatic rings. The van der Waals surface area contributed by atoms with Gasteiger partial charge in [0.2, 0.25) is 0 Å². The summed E-state index contributed by atoms with van der Waals surface area (Å²) >= 11 is 0. The molecule has 4 heterocycles. The summed E-state index contributed by atoms with van der Waals surface area (Å²) in [6.45, 7) is 8.33. The van der Waals surface area contributed by atoms with Gasteiger partial charge in [-0.05, 0) is 86.2 Å². The molecule has 9 nitrogen and oxygen atoms in total. The number of pyridine rings is 1. The van der Waals surface area contributed by atoms with Gasteiger partial charge in [0, 0.05) is 12.7 Å². The maximum atomic E-state index is 12.2. The molecule has 0 bridgehead atoms. The standard InChI is InChI=1S/C26H26N2O4.C12H15NO2.C2H6/c29-25(30)26(21-5-2-1-3-6-21)12-15-28(16-13-26)17-19-8-10-20(11-9-19)23-18-31-22-7-4-14-27-24(22)32-23;14-11(15)12(6-8-13-9-7-12)10-4-2-1-3-5-10;1-2/h1-11,14,23H,12-13,15-18H2,(H,29,30);1-5,13H,6-9H2,(H,14,15);1-2H3. The van der Waals surface area contributed by atoms with Crippen LogP contribution in [-0.2, 0) is 27.0 Å². The predicted molar refractivity (Wildman–Crippen MR) is 189 cm³/mol. The number of aromatic nitrogens is 1. The van der Waals surface area contributed by atoms with Gasteiger partial charge < -0.3 is 25.0 Å². The van der Waals surface area contributed by atoms with Gasteiger partial charge in [-0.3, -0.25) is 14.5 Å². The van der Waals surface area contributed by atoms with Gasteiger partial charge in [0.05, 0.1) is 10.8 Å². The number of benzene rings is 3. The van der Waals surface area contributed by atoms with Gasteiger partial charge in [-0.1, -0.05) is 98.8 Å². The van der Waals surface area contributed by atoms with Crippen LogP contribution in [0.3, 0.4) is 0 Å². The summed E-state index contributed by atoms with van der Waals surface area (Å²) < 4.78 is 11.8. The summed E-state index contributed by atoms with van der Waals surface area (Å²) in [5.41, 5.74) is 2.63. The first-order chi connectivity index (χ1) is 23.9. The monoisotopic (exact) mass is 665 g/mol. The first kappa shape index (κ1) is 35.6. The lowest BCUT2D eigenvalue weighted by molar-refractivity contribution is -0.146. The fraction of sp³-hybridized carbons (Fsp3) is 0.375. The number of carboxylic acids is 2. The molecule has 3 aliphatic heterocycles. The summed E-state index contributed by atoms with van der Waals surface area (Å²) in [7, 11) is 0. The third-order valence-electron chi connectivity index (χ3n) is 9.78. The van der Waals surface area contributed by atoms with Crippen LogP contribution in [0.1, 0.15) is 67.9 Å². The van der Waals surface area contributed by atoms with Crippen molar-refractivity contribution in [3.63, 3.8) is 0 Å². The van der Waals surface area contributed by atoms with Crippen molar-refractivity contribution in [3.8, 4) is 11.6 Å². The van der Waals surface area contributed by atoms with Crippen molar-refractivity contribution in [3.05, 3.63) is 126 Å². The molecule has 1 atom stereocenters. The summed E-state index contributed by atoms with van der Waals surface area (Å²) in [5.74, 6) is -0.214. The highest BCUT2D eigenvalue weighted by atomic mass is 16.6. The van der Waals surface area contributed by atoms with Crippen molar-refractivity contribution in [1.29, 1.82) is 0 Å². The lowest BCUT2D eigenvalue weighted by Gasteiger charge is -2.39. The lowest BCUT2D eigenvalue weighted by atomic mass is 9.73. The highest BCUT2D eigenvalue weighted by Gasteiger charge is 2.43. The number of aliphatic carboxylic acids is 2. The largest absolute Gasteiger partial charge is 0.484 e. The topological polar surface area (TPSA) is 121 Å². The van der Waals surface area contributed by atoms with Gasteiger partial charge in [-0.25, -0.2) is 4.98 Å². The Balaban J connectivity index is 0.000000231. The van der Waals surface area contributed by atoms with Gasteiger partial charge in [0.15, 0.2) is 11.9 Å². The van der Waals surface area contributed by atoms with Crippen LogP contribution in [0.25, 0.3) is 0 Å². The first-order valence-corrected chi connectivity index (χ1v) is 17.2. The number of nitrogens with one attached hydrogen (secondary N) is 1. The van der Waals surface area contributed by atoms with E-state index in [0.717, 1.165) is 49.4 Å². The van der Waals surface area contributed by atoms with Crippen LogP contribution in [0.4, 0.5) is 0 Å². The number of nitrogens with zero attached hydrogens (tertiary/aromatic N) is 2. The third-order valence-corrected chi connectivity index (χ3v) is 9.78. The van der Waals surface area contributed by atoms with Gasteiger partial charge in [0.25, 0.3) is 5.88 Å². The zero-order chi connectivity index (χ0) is 34.7. The highest BCUT2D eigenvalue weighted by Crippen LogP contribution is 2.37. The minimum atomic E-state index is -0.787. The van der Waals surface area contributed by atoms with Crippen LogP contribution in [0.5, 0.6) is 11.6 Å². The van der Waals surface area contributed by atoms with Crippen LogP contribution in [0.15, 0.2) is 103 Å². The highest BCUT2D eigenvalue weighted by molar-refractivity contribution is 5.82. The number of fused-ring (bicyclic) bond motifs is 1. The molecular formula is C40H47N3O6. The van der Waals surface area contributed by atoms with Crippen molar-refractivity contribution in [1.82, 2.24) is 15.2 Å². The van der Waals surface area contributed by atoms with Crippen molar-refractivity contribution < 1.29 is 29.3 Å². The van der Waals surface area contributed by atoms with Crippen molar-refractivity contribution in [2.45, 2.75) is 63.0 Å². The van der Waals surface area contributed by atoms with Crippen LogP contribution >= 0.6 is 0 Å². The molecule has 2 fully saturated rings. The average molecular weight is 666 g/mol. The molecule has 258 valence electrons. The summed E-state index contributed by atoms with van der Waals surface area (Å²) in [4.78, 5) is 30.2. The summed E-state index contributed by atoms with van der Waals surface area (Å²) in [6, 6.07) is 31.3. The van der Waals surface area contributed by atoms with E-state index in [1.165, 1.54) is 5.56 Å². The maximum absolute atomic E-state index is 12.2. The molecule has 0 spiro atoms. The van der Waals surface area contributed by atoms with Gasteiger partial charge >= 0.3 is 11.9 Å². The van der Waals surface area contributed by atoms with Gasteiger partial charge in [0.1, 0.15) is 6.61 Å². The third kappa shape index (κ3) is 8.12. The van der Waals surface area contributed by atoms with E-state index < -0.39 is 22.8 Å². The molecule has 0 amide bonds. The van der Waals surface area contributed by atoms with Crippen molar-refractivity contribution in [2.24, 2.45) is 0 Å². The number of hydrogen-bond acceptors (Lipinski definition) is 7. The number of rotatable bonds is 7. The maximum Gasteiger partial charge on any atom is 0.314 e. The van der Waals surface area contributed by atoms with Gasteiger partial charge in [-0.2, -0.15) is 0 Å². The fourth-order valence-electron chi connectivity index (χ4n) is 6.88. The molecule has 2 saturated heterocycles. The molecular weight excluding hydrogens is 618 g/mol. The number of ether oxygens (including phenoxy) is 2. The van der Waals surface area contributed by atoms with Crippen LogP contribution in [0.2, 0.25) is 0 Å². The molecule has 49 heavy (non-hydrogen) atoms. The van der Waals surface area contributed by atoms with Gasteiger partial charge in [-0.15, -0.1) is 0 Å². The zero-order valence-electron chi connectivity index (χ0n) is 28.4. The van der Waals surface area contributed by atoms with E-state index in [9.17, 15) is 19.8 Å². The summed E-state index contributed by atoms with van der Waals surface area (Å²) in [5, 5.41) is 22.6. The Labute approximate surface area is 288 Å². The Morgan fingerprint density at radius 1 is 0.776 bits per heavy atom. The molecule has 0 aliphatic carbocycles. The number of carboxylic acid groups (broad SMARTS) is 2. The number of carbonyl (C=O) groups is 2. The Morgan fingerprint density at radius 3 is 1.88 bits per heavy atom. The first-order valence-electron chi connectivity index (χ1n) is 17.2. The Morgan fingerprint density at radius 2 is 1.33 bits per heavy atom. The molecule has 9 heteroatoms. The minimum Gasteiger partial charge on any atom is -0.484 e. The fourth-order valence-corrected chi connectivity index (χ4v) is 6.88. The Kier molecular flexibility index (Phi) is 12.0. The van der Waals surface area contributed by atoms with E-state index in [1.54, 1.807) is 6.20 Å². The van der Waals surface area contributed by atoms with E-state index in [-0.39, 0.29) is 6.10 Å². The van der Waals surface area contributed by atoms with Crippen molar-refractivity contribution >= 4 is 11.9 Å². The molecule has 1 unspecified atom stereocenters. The lowest BCUT2D eigenvalue weighted by Crippen LogP contribution is -2.47. The Bertz CT molecular complexity index is 1630. The quantitative estimate of drug-likeness (QED) is 0.200. The normalized spacial score (nSPS) is 19.2. The van der Waals surface area contributed by atoms with Crippen LogP contribution in [-0.4, -0.2) is 64.8 Å². The molecule has 3 aliphatic rings. The van der Waals surface area contributed by atoms with E-state index in [4.69, 9.17) is 9.47 Å². The molecule has 0 saturated carbocycles. The SMILES string of the molecule is CC.O=C(O)C1(c2ccccc2)CCN(Cc2ccc(C3COc4cccnc4O3)cc2)CC1.O=C(O)C1(c2ccccc2)CCNCC1. The number of likely N-dealkylation sites (tertiary alicyclic amines) is 1. The van der Waals surface area contributed by atoms with Crippen LogP contribution < -0.4 is 14.8 Å². The molecule has 7 rings (SSSR count). The zero-order valence-corrected chi connectivity index (χ0v) is 28.4. The number of hydrogen-bond donors (Lipinski definition) is 3. The van der Waals surface area contributed by atoms with Crippen molar-refractivity contribution in [2.75, 3.05) is 32.8 Å². The second kappa shape index (κ2) is 16.6. The second-order valence-corrected chi connectivity index (χ2v) is 12.5. The van der Waals surface area contributed by atoms with Crippen LogP contribution in [0, 0.1) is 0 Å². The molecule has 3 aromatic carbocycles. The Hall–Kier alpha value is -4.73. The minimum absolute atomic E-state index is 0.177.